The van der Waals surface area contributed by atoms with Gasteiger partial charge >= 0.3 is 0 Å². The second-order valence-corrected chi connectivity index (χ2v) is 23.2. The molecule has 266 valence electrons. The summed E-state index contributed by atoms with van der Waals surface area (Å²) in [5.74, 6) is 1.12. The molecule has 4 aromatic heterocycles. The van der Waals surface area contributed by atoms with Gasteiger partial charge in [-0.05, 0) is 77.1 Å². The Bertz CT molecular complexity index is 2400. The molecule has 4 nitrogen and oxygen atoms in total. The van der Waals surface area contributed by atoms with Gasteiger partial charge in [-0.3, -0.25) is 0 Å². The Morgan fingerprint density at radius 3 is 2.35 bits per heavy atom. The molecule has 0 N–H and O–H groups in total. The van der Waals surface area contributed by atoms with Crippen molar-refractivity contribution in [2.24, 2.45) is 0 Å². The van der Waals surface area contributed by atoms with E-state index in [9.17, 15) is 0 Å². The van der Waals surface area contributed by atoms with Crippen molar-refractivity contribution in [3.63, 3.8) is 0 Å². The maximum absolute atomic E-state index is 6.86. The molecule has 2 atom stereocenters. The molecule has 52 heavy (non-hydrogen) atoms. The topological polar surface area (TPSA) is 33.8 Å². The quantitative estimate of drug-likeness (QED) is 0.136. The van der Waals surface area contributed by atoms with E-state index in [4.69, 9.17) is 16.0 Å². The second kappa shape index (κ2) is 12.4. The number of furan rings is 1. The molecule has 0 spiro atoms. The Morgan fingerprint density at radius 2 is 1.63 bits per heavy atom. The van der Waals surface area contributed by atoms with E-state index in [1.165, 1.54) is 39.1 Å². The van der Waals surface area contributed by atoms with Crippen LogP contribution in [0.1, 0.15) is 113 Å². The molecular formula is C47H55N3OSi+2. The first-order valence-electron chi connectivity index (χ1n) is 19.4. The Hall–Kier alpha value is -4.35. The van der Waals surface area contributed by atoms with Crippen molar-refractivity contribution in [3.05, 3.63) is 114 Å². The van der Waals surface area contributed by atoms with E-state index < -0.39 is 8.07 Å². The lowest BCUT2D eigenvalue weighted by molar-refractivity contribution is -0.719. The zero-order valence-corrected chi connectivity index (χ0v) is 33.9. The fourth-order valence-electron chi connectivity index (χ4n) is 8.89. The summed E-state index contributed by atoms with van der Waals surface area (Å²) < 4.78 is 11.9. The third-order valence-electron chi connectivity index (χ3n) is 11.8. The van der Waals surface area contributed by atoms with Crippen LogP contribution in [0.4, 0.5) is 0 Å². The molecule has 2 aliphatic heterocycles. The van der Waals surface area contributed by atoms with Crippen LogP contribution in [0.25, 0.3) is 50.3 Å². The van der Waals surface area contributed by atoms with Gasteiger partial charge in [-0.15, -0.1) is 0 Å². The summed E-state index contributed by atoms with van der Waals surface area (Å²) in [6.07, 6.45) is 7.66. The summed E-state index contributed by atoms with van der Waals surface area (Å²) >= 11 is 0. The SMILES string of the molecule is C=C1CC2C(CCc3ccc4c(oc5nc(C(C)C)ccc54)c3-c3cc(C(C)(C)C)cc[n+]31)c1ccccc1-c1cc(C(C)C)c([Si](C)(C)C)c[n+]12. The molecule has 0 amide bonds. The number of aryl methyl sites for hydroxylation is 1. The van der Waals surface area contributed by atoms with Gasteiger partial charge in [0, 0.05) is 51.3 Å². The maximum atomic E-state index is 6.86. The van der Waals surface area contributed by atoms with Crippen molar-refractivity contribution in [1.29, 1.82) is 0 Å². The van der Waals surface area contributed by atoms with Crippen LogP contribution in [0.15, 0.2) is 90.1 Å². The molecule has 0 saturated heterocycles. The van der Waals surface area contributed by atoms with Crippen LogP contribution >= 0.6 is 0 Å². The molecule has 2 aliphatic rings. The molecule has 6 heterocycles. The Labute approximate surface area is 311 Å². The van der Waals surface area contributed by atoms with E-state index in [-0.39, 0.29) is 11.5 Å². The van der Waals surface area contributed by atoms with Gasteiger partial charge in [0.25, 0.3) is 0 Å². The highest BCUT2D eigenvalue weighted by Gasteiger charge is 2.44. The van der Waals surface area contributed by atoms with Crippen molar-refractivity contribution >= 4 is 41.0 Å². The van der Waals surface area contributed by atoms with Crippen molar-refractivity contribution in [1.82, 2.24) is 4.98 Å². The standard InChI is InChI=1S/C47H55N3OSi/c1-28(2)38-26-41-34-15-13-12-14-33(34)35-18-16-31-17-19-36-37-20-21-39(29(3)4)48-46(37)51-45(36)44(31)42-25-32(47(6,7)8)22-23-49(42)30(5)24-40(35)50(41)27-43(38)52(9,10)11/h12-15,17,19-23,25-29,35,40H,5,16,18,24H2,1-4,6-11H3/q+2. The Kier molecular flexibility index (Phi) is 8.26. The first kappa shape index (κ1) is 34.7. The van der Waals surface area contributed by atoms with Crippen LogP contribution < -0.4 is 14.3 Å². The molecule has 2 unspecified atom stereocenters. The smallest absolute Gasteiger partial charge is 0.227 e. The first-order valence-corrected chi connectivity index (χ1v) is 22.9. The number of allylic oxidation sites excluding steroid dienone is 1. The molecule has 8 rings (SSSR count). The van der Waals surface area contributed by atoms with Gasteiger partial charge in [0.15, 0.2) is 29.7 Å². The lowest BCUT2D eigenvalue weighted by Gasteiger charge is -2.33. The van der Waals surface area contributed by atoms with Gasteiger partial charge in [-0.2, -0.15) is 9.13 Å². The molecule has 2 aromatic carbocycles. The van der Waals surface area contributed by atoms with E-state index in [1.54, 1.807) is 5.19 Å². The number of hydrogen-bond acceptors (Lipinski definition) is 2. The van der Waals surface area contributed by atoms with Crippen molar-refractivity contribution < 1.29 is 13.6 Å². The summed E-state index contributed by atoms with van der Waals surface area (Å²) in [6, 6.07) is 25.7. The minimum absolute atomic E-state index is 0.0176. The molecule has 0 aliphatic carbocycles. The zero-order valence-electron chi connectivity index (χ0n) is 32.9. The molecule has 0 radical (unpaired) electrons. The third kappa shape index (κ3) is 5.67. The predicted octanol–water partition coefficient (Wildman–Crippen LogP) is 11.1. The highest BCUT2D eigenvalue weighted by molar-refractivity contribution is 6.89. The average Bonchev–Trinajstić information content (AvgIpc) is 3.47. The second-order valence-electron chi connectivity index (χ2n) is 18.2. The lowest BCUT2D eigenvalue weighted by atomic mass is 9.77. The van der Waals surface area contributed by atoms with E-state index in [2.05, 4.69) is 156 Å². The van der Waals surface area contributed by atoms with Gasteiger partial charge in [-0.25, -0.2) is 4.98 Å². The highest BCUT2D eigenvalue weighted by atomic mass is 28.3. The molecule has 0 fully saturated rings. The highest BCUT2D eigenvalue weighted by Crippen LogP contribution is 2.46. The Morgan fingerprint density at radius 1 is 0.885 bits per heavy atom. The van der Waals surface area contributed by atoms with Crippen LogP contribution in [0.2, 0.25) is 19.6 Å². The zero-order chi connectivity index (χ0) is 36.9. The van der Waals surface area contributed by atoms with Crippen LogP contribution in [0.3, 0.4) is 0 Å². The van der Waals surface area contributed by atoms with Crippen LogP contribution in [0.5, 0.6) is 0 Å². The van der Waals surface area contributed by atoms with Crippen molar-refractivity contribution in [2.45, 2.75) is 117 Å². The molecule has 6 aromatic rings. The van der Waals surface area contributed by atoms with Crippen molar-refractivity contribution in [3.8, 4) is 22.5 Å². The molecule has 5 heteroatoms. The van der Waals surface area contributed by atoms with Gasteiger partial charge in [0.1, 0.15) is 0 Å². The lowest BCUT2D eigenvalue weighted by Crippen LogP contribution is -2.54. The normalized spacial score (nSPS) is 17.6. The number of benzene rings is 2. The number of hydrogen-bond donors (Lipinski definition) is 0. The molecule has 0 saturated carbocycles. The third-order valence-corrected chi connectivity index (χ3v) is 13.9. The van der Waals surface area contributed by atoms with Crippen LogP contribution in [-0.4, -0.2) is 13.1 Å². The summed E-state index contributed by atoms with van der Waals surface area (Å²) in [6.45, 7) is 28.4. The number of pyridine rings is 3. The molecular weight excluding hydrogens is 651 g/mol. The predicted molar refractivity (Wildman–Crippen MR) is 219 cm³/mol. The van der Waals surface area contributed by atoms with Crippen LogP contribution in [0, 0.1) is 0 Å². The Balaban J connectivity index is 1.39. The first-order chi connectivity index (χ1) is 24.6. The summed E-state index contributed by atoms with van der Waals surface area (Å²) in [7, 11) is -1.65. The number of nitrogens with zero attached hydrogens (tertiary/aromatic N) is 3. The average molecular weight is 706 g/mol. The summed E-state index contributed by atoms with van der Waals surface area (Å²) in [4.78, 5) is 5.01. The van der Waals surface area contributed by atoms with Gasteiger partial charge in [0.2, 0.25) is 17.1 Å². The van der Waals surface area contributed by atoms with E-state index in [0.717, 1.165) is 58.4 Å². The summed E-state index contributed by atoms with van der Waals surface area (Å²) in [5, 5.41) is 3.77. The number of rotatable bonds is 3. The van der Waals surface area contributed by atoms with Crippen molar-refractivity contribution in [2.75, 3.05) is 0 Å². The number of fused-ring (bicyclic) bond motifs is 13. The number of aromatic nitrogens is 3. The van der Waals surface area contributed by atoms with E-state index >= 15 is 0 Å². The van der Waals surface area contributed by atoms with E-state index in [1.807, 2.05) is 0 Å². The fourth-order valence-corrected chi connectivity index (χ4v) is 10.6. The summed E-state index contributed by atoms with van der Waals surface area (Å²) in [5.41, 5.74) is 14.4. The van der Waals surface area contributed by atoms with E-state index in [0.29, 0.717) is 17.8 Å². The minimum atomic E-state index is -1.65. The maximum Gasteiger partial charge on any atom is 0.227 e. The fraction of sp³-hybridized carbons (Fsp3) is 0.383. The van der Waals surface area contributed by atoms with Gasteiger partial charge < -0.3 is 4.42 Å². The molecule has 0 bridgehead atoms. The monoisotopic (exact) mass is 705 g/mol. The van der Waals surface area contributed by atoms with Gasteiger partial charge in [0.05, 0.1) is 20.1 Å². The van der Waals surface area contributed by atoms with Crippen LogP contribution in [-0.2, 0) is 11.8 Å². The largest absolute Gasteiger partial charge is 0.437 e. The van der Waals surface area contributed by atoms with Gasteiger partial charge in [-0.1, -0.05) is 98.4 Å². The minimum Gasteiger partial charge on any atom is -0.437 e.